The van der Waals surface area contributed by atoms with Crippen LogP contribution in [0.1, 0.15) is 44.9 Å². The minimum Gasteiger partial charge on any atom is -0.495 e. The molecule has 1 aromatic carbocycles. The Morgan fingerprint density at radius 2 is 1.61 bits per heavy atom. The summed E-state index contributed by atoms with van der Waals surface area (Å²) in [5.41, 5.74) is 1.29. The van der Waals surface area contributed by atoms with E-state index in [-0.39, 0.29) is 36.4 Å². The minimum absolute atomic E-state index is 0. The number of carbonyl (C=O) groups excluding carboxylic acids is 1. The van der Waals surface area contributed by atoms with Gasteiger partial charge in [0.25, 0.3) is 0 Å². The molecule has 0 unspecified atom stereocenters. The molecule has 8 heteroatoms. The molecule has 2 N–H and O–H groups in total. The number of halogens is 2. The van der Waals surface area contributed by atoms with E-state index in [9.17, 15) is 4.79 Å². The summed E-state index contributed by atoms with van der Waals surface area (Å²) < 4.78 is 5.51. The summed E-state index contributed by atoms with van der Waals surface area (Å²) in [7, 11) is 1.74. The summed E-state index contributed by atoms with van der Waals surface area (Å²) in [5, 5.41) is 6.56. The molecule has 5 aliphatic rings. The van der Waals surface area contributed by atoms with Crippen LogP contribution in [-0.2, 0) is 0 Å². The molecule has 1 saturated heterocycles. The summed E-state index contributed by atoms with van der Waals surface area (Å²) in [6, 6.07) is 8.32. The maximum Gasteiger partial charge on any atom is 0.315 e. The first-order chi connectivity index (χ1) is 15.1. The third-order valence-corrected chi connectivity index (χ3v) is 8.15. The van der Waals surface area contributed by atoms with E-state index in [1.54, 1.807) is 7.11 Å². The molecule has 6 nitrogen and oxygen atoms in total. The standard InChI is InChI=1S/C25H38N4O2.2ClH/c1-31-23-6-3-2-5-22(23)29-11-9-28(10-12-29)8-4-7-26-24(30)27-25-16-19-13-20(17-25)15-21(14-19)18-25;;/h2-3,5-6,19-21H,4,7-18H2,1H3,(H2,26,27,30);2*1H. The van der Waals surface area contributed by atoms with Crippen molar-refractivity contribution in [2.24, 2.45) is 17.8 Å². The van der Waals surface area contributed by atoms with Gasteiger partial charge in [-0.3, -0.25) is 4.90 Å². The molecule has 1 aromatic rings. The molecular weight excluding hydrogens is 459 g/mol. The Morgan fingerprint density at radius 1 is 1.00 bits per heavy atom. The van der Waals surface area contributed by atoms with Crippen molar-refractivity contribution in [1.29, 1.82) is 0 Å². The van der Waals surface area contributed by atoms with E-state index in [2.05, 4.69) is 32.6 Å². The number of nitrogens with one attached hydrogen (secondary N) is 2. The highest BCUT2D eigenvalue weighted by molar-refractivity contribution is 5.85. The van der Waals surface area contributed by atoms with E-state index in [1.807, 2.05) is 12.1 Å². The molecule has 5 fully saturated rings. The Labute approximate surface area is 211 Å². The van der Waals surface area contributed by atoms with Crippen LogP contribution >= 0.6 is 24.8 Å². The molecule has 0 radical (unpaired) electrons. The van der Waals surface area contributed by atoms with Gasteiger partial charge in [-0.05, 0) is 81.4 Å². The van der Waals surface area contributed by atoms with Gasteiger partial charge in [0.1, 0.15) is 5.75 Å². The van der Waals surface area contributed by atoms with Crippen LogP contribution in [-0.4, -0.2) is 62.8 Å². The van der Waals surface area contributed by atoms with Crippen LogP contribution in [0.25, 0.3) is 0 Å². The second-order valence-electron chi connectivity index (χ2n) is 10.4. The van der Waals surface area contributed by atoms with Crippen molar-refractivity contribution in [2.75, 3.05) is 51.3 Å². The Kier molecular flexibility index (Phi) is 9.04. The summed E-state index contributed by atoms with van der Waals surface area (Å²) in [6.45, 7) is 5.93. The number of rotatable bonds is 7. The zero-order valence-corrected chi connectivity index (χ0v) is 21.4. The number of hydrogen-bond donors (Lipinski definition) is 2. The number of carbonyl (C=O) groups is 1. The molecule has 0 spiro atoms. The number of amides is 2. The molecular formula is C25H40Cl2N4O2. The predicted molar refractivity (Wildman–Crippen MR) is 138 cm³/mol. The first-order valence-electron chi connectivity index (χ1n) is 12.3. The number of anilines is 1. The normalized spacial score (nSPS) is 30.2. The fourth-order valence-corrected chi connectivity index (χ4v) is 7.16. The number of piperazine rings is 1. The minimum atomic E-state index is 0. The highest BCUT2D eigenvalue weighted by Gasteiger charge is 2.51. The largest absolute Gasteiger partial charge is 0.495 e. The average Bonchev–Trinajstić information content (AvgIpc) is 2.76. The number of benzene rings is 1. The van der Waals surface area contributed by atoms with Crippen LogP contribution < -0.4 is 20.3 Å². The average molecular weight is 500 g/mol. The van der Waals surface area contributed by atoms with Gasteiger partial charge in [-0.25, -0.2) is 4.79 Å². The van der Waals surface area contributed by atoms with E-state index in [0.717, 1.165) is 69.2 Å². The number of urea groups is 1. The maximum atomic E-state index is 12.6. The van der Waals surface area contributed by atoms with Crippen molar-refractivity contribution < 1.29 is 9.53 Å². The summed E-state index contributed by atoms with van der Waals surface area (Å²) in [6.07, 6.45) is 8.87. The number of ether oxygens (including phenoxy) is 1. The fraction of sp³-hybridized carbons (Fsp3) is 0.720. The quantitative estimate of drug-likeness (QED) is 0.549. The molecule has 2 amide bonds. The second-order valence-corrected chi connectivity index (χ2v) is 10.4. The second kappa shape index (κ2) is 11.4. The van der Waals surface area contributed by atoms with Crippen LogP contribution in [0.2, 0.25) is 0 Å². The van der Waals surface area contributed by atoms with Crippen molar-refractivity contribution in [3.63, 3.8) is 0 Å². The van der Waals surface area contributed by atoms with Crippen LogP contribution in [0.4, 0.5) is 10.5 Å². The Hall–Kier alpha value is -1.37. The van der Waals surface area contributed by atoms with Gasteiger partial charge in [-0.2, -0.15) is 0 Å². The van der Waals surface area contributed by atoms with Gasteiger partial charge in [0.15, 0.2) is 0 Å². The third-order valence-electron chi connectivity index (χ3n) is 8.15. The Balaban J connectivity index is 0.00000153. The molecule has 186 valence electrons. The smallest absolute Gasteiger partial charge is 0.315 e. The molecule has 0 atom stereocenters. The van der Waals surface area contributed by atoms with Crippen LogP contribution in [0.5, 0.6) is 5.75 Å². The van der Waals surface area contributed by atoms with E-state index in [1.165, 1.54) is 44.2 Å². The van der Waals surface area contributed by atoms with Gasteiger partial charge in [0.05, 0.1) is 12.8 Å². The molecule has 1 heterocycles. The number of para-hydroxylation sites is 2. The zero-order valence-electron chi connectivity index (χ0n) is 19.8. The number of methoxy groups -OCH3 is 1. The fourth-order valence-electron chi connectivity index (χ4n) is 7.16. The Morgan fingerprint density at radius 3 is 2.21 bits per heavy atom. The van der Waals surface area contributed by atoms with Gasteiger partial charge >= 0.3 is 6.03 Å². The van der Waals surface area contributed by atoms with Gasteiger partial charge < -0.3 is 20.3 Å². The van der Waals surface area contributed by atoms with Crippen molar-refractivity contribution >= 4 is 36.5 Å². The van der Waals surface area contributed by atoms with Crippen molar-refractivity contribution in [3.8, 4) is 5.75 Å². The van der Waals surface area contributed by atoms with Crippen molar-refractivity contribution in [2.45, 2.75) is 50.5 Å². The lowest BCUT2D eigenvalue weighted by molar-refractivity contribution is -0.0135. The molecule has 0 aromatic heterocycles. The molecule has 4 bridgehead atoms. The monoisotopic (exact) mass is 498 g/mol. The van der Waals surface area contributed by atoms with Gasteiger partial charge in [0.2, 0.25) is 0 Å². The summed E-state index contributed by atoms with van der Waals surface area (Å²) in [5.74, 6) is 3.54. The highest BCUT2D eigenvalue weighted by atomic mass is 35.5. The van der Waals surface area contributed by atoms with E-state index in [0.29, 0.717) is 0 Å². The third kappa shape index (κ3) is 6.01. The van der Waals surface area contributed by atoms with Crippen molar-refractivity contribution in [3.05, 3.63) is 24.3 Å². The van der Waals surface area contributed by atoms with E-state index >= 15 is 0 Å². The van der Waals surface area contributed by atoms with Gasteiger partial charge in [-0.1, -0.05) is 12.1 Å². The Bertz CT molecular complexity index is 750. The molecule has 1 aliphatic heterocycles. The van der Waals surface area contributed by atoms with E-state index in [4.69, 9.17) is 4.74 Å². The molecule has 4 saturated carbocycles. The topological polar surface area (TPSA) is 56.8 Å². The predicted octanol–water partition coefficient (Wildman–Crippen LogP) is 4.32. The summed E-state index contributed by atoms with van der Waals surface area (Å²) >= 11 is 0. The zero-order chi connectivity index (χ0) is 21.3. The molecule has 33 heavy (non-hydrogen) atoms. The van der Waals surface area contributed by atoms with Crippen LogP contribution in [0.15, 0.2) is 24.3 Å². The number of nitrogens with zero attached hydrogens (tertiary/aromatic N) is 2. The SMILES string of the molecule is COc1ccccc1N1CCN(CCCNC(=O)NC23CC4CC(CC(C4)C2)C3)CC1.Cl.Cl. The summed E-state index contributed by atoms with van der Waals surface area (Å²) in [4.78, 5) is 17.5. The van der Waals surface area contributed by atoms with E-state index < -0.39 is 0 Å². The lowest BCUT2D eigenvalue weighted by atomic mass is 9.53. The lowest BCUT2D eigenvalue weighted by Crippen LogP contribution is -2.61. The van der Waals surface area contributed by atoms with Gasteiger partial charge in [-0.15, -0.1) is 24.8 Å². The van der Waals surface area contributed by atoms with Crippen LogP contribution in [0, 0.1) is 17.8 Å². The maximum absolute atomic E-state index is 12.6. The molecule has 4 aliphatic carbocycles. The van der Waals surface area contributed by atoms with Crippen LogP contribution in [0.3, 0.4) is 0 Å². The number of hydrogen-bond acceptors (Lipinski definition) is 4. The van der Waals surface area contributed by atoms with Gasteiger partial charge in [0, 0.05) is 38.3 Å². The first kappa shape index (κ1) is 26.2. The van der Waals surface area contributed by atoms with Crippen molar-refractivity contribution in [1.82, 2.24) is 15.5 Å². The lowest BCUT2D eigenvalue weighted by Gasteiger charge is -2.56. The first-order valence-corrected chi connectivity index (χ1v) is 12.3. The highest BCUT2D eigenvalue weighted by Crippen LogP contribution is 2.55. The molecule has 6 rings (SSSR count).